The molecule has 1 heterocycles. The van der Waals surface area contributed by atoms with Gasteiger partial charge in [-0.15, -0.1) is 0 Å². The highest BCUT2D eigenvalue weighted by Gasteiger charge is 2.34. The van der Waals surface area contributed by atoms with Crippen LogP contribution >= 0.6 is 0 Å². The molecule has 2 rings (SSSR count). The fourth-order valence-corrected chi connectivity index (χ4v) is 2.45. The summed E-state index contributed by atoms with van der Waals surface area (Å²) in [6.45, 7) is 4.82. The highest BCUT2D eigenvalue weighted by molar-refractivity contribution is 5.31. The first kappa shape index (κ1) is 12.4. The Morgan fingerprint density at radius 3 is 2.65 bits per heavy atom. The van der Waals surface area contributed by atoms with Crippen molar-refractivity contribution in [2.24, 2.45) is 0 Å². The minimum Gasteiger partial charge on any atom is -0.497 e. The van der Waals surface area contributed by atoms with Gasteiger partial charge in [0, 0.05) is 13.1 Å². The third-order valence-electron chi connectivity index (χ3n) is 3.34. The Hall–Kier alpha value is -1.06. The van der Waals surface area contributed by atoms with Crippen LogP contribution in [-0.4, -0.2) is 26.8 Å². The van der Waals surface area contributed by atoms with Crippen LogP contribution in [0.3, 0.4) is 0 Å². The van der Waals surface area contributed by atoms with Crippen LogP contribution in [0.2, 0.25) is 0 Å². The van der Waals surface area contributed by atoms with Crippen LogP contribution in [0.1, 0.15) is 25.3 Å². The lowest BCUT2D eigenvalue weighted by Crippen LogP contribution is -2.47. The Bertz CT molecular complexity index is 336. The molecule has 0 aliphatic carbocycles. The van der Waals surface area contributed by atoms with Gasteiger partial charge in [0.25, 0.3) is 0 Å². The zero-order valence-electron chi connectivity index (χ0n) is 10.7. The highest BCUT2D eigenvalue weighted by atomic mass is 16.5. The molecule has 1 aliphatic rings. The van der Waals surface area contributed by atoms with E-state index in [-0.39, 0.29) is 5.60 Å². The van der Waals surface area contributed by atoms with E-state index in [4.69, 9.17) is 9.47 Å². The van der Waals surface area contributed by atoms with Crippen molar-refractivity contribution in [3.05, 3.63) is 29.8 Å². The fourth-order valence-electron chi connectivity index (χ4n) is 2.45. The smallest absolute Gasteiger partial charge is 0.118 e. The minimum absolute atomic E-state index is 0.154. The van der Waals surface area contributed by atoms with E-state index >= 15 is 0 Å². The molecule has 1 N–H and O–H groups in total. The van der Waals surface area contributed by atoms with E-state index < -0.39 is 0 Å². The summed E-state index contributed by atoms with van der Waals surface area (Å²) in [5.74, 6) is 0.893. The molecule has 1 saturated heterocycles. The van der Waals surface area contributed by atoms with Gasteiger partial charge in [-0.2, -0.15) is 0 Å². The van der Waals surface area contributed by atoms with Crippen LogP contribution in [0.15, 0.2) is 24.3 Å². The van der Waals surface area contributed by atoms with Crippen molar-refractivity contribution in [3.63, 3.8) is 0 Å². The topological polar surface area (TPSA) is 30.5 Å². The minimum atomic E-state index is -0.154. The predicted octanol–water partition coefficient (Wildman–Crippen LogP) is 2.31. The summed E-state index contributed by atoms with van der Waals surface area (Å²) in [5, 5.41) is 3.43. The summed E-state index contributed by atoms with van der Waals surface area (Å²) in [7, 11) is 1.69. The van der Waals surface area contributed by atoms with Gasteiger partial charge in [0.15, 0.2) is 0 Å². The molecule has 0 aromatic heterocycles. The molecule has 1 aromatic rings. The van der Waals surface area contributed by atoms with E-state index in [0.717, 1.165) is 38.3 Å². The maximum Gasteiger partial charge on any atom is 0.118 e. The van der Waals surface area contributed by atoms with Crippen LogP contribution in [-0.2, 0) is 10.3 Å². The lowest BCUT2D eigenvalue weighted by Gasteiger charge is -2.38. The second kappa shape index (κ2) is 5.52. The second-order valence-electron chi connectivity index (χ2n) is 4.50. The first-order valence-electron chi connectivity index (χ1n) is 6.30. The Labute approximate surface area is 103 Å². The lowest BCUT2D eigenvalue weighted by atomic mass is 9.88. The molecular formula is C14H21NO2. The summed E-state index contributed by atoms with van der Waals surface area (Å²) in [6, 6.07) is 8.23. The van der Waals surface area contributed by atoms with Crippen LogP contribution < -0.4 is 10.1 Å². The second-order valence-corrected chi connectivity index (χ2v) is 4.50. The molecule has 17 heavy (non-hydrogen) atoms. The third kappa shape index (κ3) is 2.61. The summed E-state index contributed by atoms with van der Waals surface area (Å²) in [5.41, 5.74) is 1.09. The quantitative estimate of drug-likeness (QED) is 0.868. The number of morpholine rings is 1. The molecule has 94 valence electrons. The third-order valence-corrected chi connectivity index (χ3v) is 3.34. The monoisotopic (exact) mass is 235 g/mol. The molecule has 1 unspecified atom stereocenters. The normalized spacial score (nSPS) is 24.6. The van der Waals surface area contributed by atoms with Crippen molar-refractivity contribution < 1.29 is 9.47 Å². The molecule has 0 spiro atoms. The van der Waals surface area contributed by atoms with Gasteiger partial charge >= 0.3 is 0 Å². The molecular weight excluding hydrogens is 214 g/mol. The van der Waals surface area contributed by atoms with Crippen molar-refractivity contribution in [1.82, 2.24) is 5.32 Å². The van der Waals surface area contributed by atoms with Crippen molar-refractivity contribution in [2.75, 3.05) is 26.8 Å². The molecule has 1 aromatic carbocycles. The zero-order chi connectivity index (χ0) is 12.1. The lowest BCUT2D eigenvalue weighted by molar-refractivity contribution is -0.0772. The fraction of sp³-hybridized carbons (Fsp3) is 0.571. The van der Waals surface area contributed by atoms with Crippen LogP contribution in [0.5, 0.6) is 5.75 Å². The summed E-state index contributed by atoms with van der Waals surface area (Å²) in [4.78, 5) is 0. The Morgan fingerprint density at radius 2 is 2.12 bits per heavy atom. The average molecular weight is 235 g/mol. The summed E-state index contributed by atoms with van der Waals surface area (Å²) in [6.07, 6.45) is 2.17. The number of benzene rings is 1. The van der Waals surface area contributed by atoms with Gasteiger partial charge in [-0.05, 0) is 24.1 Å². The van der Waals surface area contributed by atoms with E-state index in [9.17, 15) is 0 Å². The molecule has 3 heteroatoms. The summed E-state index contributed by atoms with van der Waals surface area (Å²) < 4.78 is 11.3. The average Bonchev–Trinajstić information content (AvgIpc) is 2.40. The van der Waals surface area contributed by atoms with Gasteiger partial charge in [0.2, 0.25) is 0 Å². The maximum absolute atomic E-state index is 6.06. The number of ether oxygens (including phenoxy) is 2. The van der Waals surface area contributed by atoms with Crippen molar-refractivity contribution in [2.45, 2.75) is 25.4 Å². The van der Waals surface area contributed by atoms with Gasteiger partial charge < -0.3 is 14.8 Å². The van der Waals surface area contributed by atoms with E-state index in [0.29, 0.717) is 0 Å². The van der Waals surface area contributed by atoms with E-state index in [1.165, 1.54) is 5.56 Å². The van der Waals surface area contributed by atoms with Gasteiger partial charge in [0.05, 0.1) is 13.7 Å². The first-order valence-corrected chi connectivity index (χ1v) is 6.30. The van der Waals surface area contributed by atoms with Crippen LogP contribution in [0.4, 0.5) is 0 Å². The molecule has 0 radical (unpaired) electrons. The molecule has 0 saturated carbocycles. The molecule has 3 nitrogen and oxygen atoms in total. The number of nitrogens with one attached hydrogen (secondary N) is 1. The number of methoxy groups -OCH3 is 1. The van der Waals surface area contributed by atoms with Crippen molar-refractivity contribution in [3.8, 4) is 5.75 Å². The van der Waals surface area contributed by atoms with Crippen LogP contribution in [0.25, 0.3) is 0 Å². The summed E-state index contributed by atoms with van der Waals surface area (Å²) >= 11 is 0. The van der Waals surface area contributed by atoms with Crippen LogP contribution in [0, 0.1) is 0 Å². The molecule has 0 amide bonds. The number of hydrogen-bond donors (Lipinski definition) is 1. The van der Waals surface area contributed by atoms with Gasteiger partial charge in [-0.1, -0.05) is 25.5 Å². The van der Waals surface area contributed by atoms with Gasteiger partial charge in [-0.3, -0.25) is 0 Å². The van der Waals surface area contributed by atoms with E-state index in [2.05, 4.69) is 24.4 Å². The van der Waals surface area contributed by atoms with Crippen molar-refractivity contribution in [1.29, 1.82) is 0 Å². The molecule has 0 bridgehead atoms. The van der Waals surface area contributed by atoms with Crippen molar-refractivity contribution >= 4 is 0 Å². The predicted molar refractivity (Wildman–Crippen MR) is 68.4 cm³/mol. The standard InChI is InChI=1S/C14H21NO2/c1-3-8-14(11-15-9-10-17-14)12-4-6-13(16-2)7-5-12/h4-7,15H,3,8-11H2,1-2H3. The molecule has 1 fully saturated rings. The Balaban J connectivity index is 2.24. The number of rotatable bonds is 4. The molecule has 1 aliphatic heterocycles. The largest absolute Gasteiger partial charge is 0.497 e. The van der Waals surface area contributed by atoms with Gasteiger partial charge in [0.1, 0.15) is 11.4 Å². The van der Waals surface area contributed by atoms with E-state index in [1.54, 1.807) is 7.11 Å². The maximum atomic E-state index is 6.06. The highest BCUT2D eigenvalue weighted by Crippen LogP contribution is 2.32. The number of hydrogen-bond acceptors (Lipinski definition) is 3. The first-order chi connectivity index (χ1) is 8.30. The SMILES string of the molecule is CCCC1(c2ccc(OC)cc2)CNCCO1. The molecule has 1 atom stereocenters. The Morgan fingerprint density at radius 1 is 1.35 bits per heavy atom. The van der Waals surface area contributed by atoms with Gasteiger partial charge in [-0.25, -0.2) is 0 Å². The van der Waals surface area contributed by atoms with E-state index in [1.807, 2.05) is 12.1 Å². The zero-order valence-corrected chi connectivity index (χ0v) is 10.7. The Kier molecular flexibility index (Phi) is 4.02.